The number of hydrogen-bond donors (Lipinski definition) is 6. The summed E-state index contributed by atoms with van der Waals surface area (Å²) < 4.78 is 33.8. The quantitative estimate of drug-likeness (QED) is 0.115. The molecule has 0 radical (unpaired) electrons. The van der Waals surface area contributed by atoms with Crippen molar-refractivity contribution in [3.05, 3.63) is 53.8 Å². The Morgan fingerprint density at radius 1 is 1.22 bits per heavy atom. The lowest BCUT2D eigenvalue weighted by Gasteiger charge is -2.31. The molecule has 0 aliphatic rings. The van der Waals surface area contributed by atoms with Gasteiger partial charge in [0.15, 0.2) is 11.7 Å². The molecule has 4 rings (SSSR count). The number of rotatable bonds is 12. The van der Waals surface area contributed by atoms with Crippen LogP contribution in [0.3, 0.4) is 0 Å². The smallest absolute Gasteiger partial charge is 0.345 e. The van der Waals surface area contributed by atoms with Gasteiger partial charge in [0.25, 0.3) is 5.91 Å². The Balaban J connectivity index is 1.60. The number of fused-ring (bicyclic) bond motifs is 1. The molecule has 6 N–H and O–H groups in total. The number of aryl methyl sites for hydroxylation is 2. The minimum atomic E-state index is -4.46. The van der Waals surface area contributed by atoms with Gasteiger partial charge in [-0.1, -0.05) is 5.16 Å². The third-order valence-corrected chi connectivity index (χ3v) is 7.45. The molecule has 1 amide bonds. The topological polar surface area (TPSA) is 208 Å². The number of carboxylic acid groups (broad SMARTS) is 1. The van der Waals surface area contributed by atoms with E-state index in [-0.39, 0.29) is 34.8 Å². The summed E-state index contributed by atoms with van der Waals surface area (Å²) in [5.41, 5.74) is -1.48. The SMILES string of the molecule is Cc1noc(C)c1S(=O)(=O)NC(CCCCNc1ncc[nH]1)(NC(=O)c1ccc2[nH]ncc2c1)C(=O)O. The molecule has 37 heavy (non-hydrogen) atoms. The minimum Gasteiger partial charge on any atom is -0.478 e. The number of imidazole rings is 1. The minimum absolute atomic E-state index is 0.0105. The van der Waals surface area contributed by atoms with E-state index in [0.717, 1.165) is 0 Å². The van der Waals surface area contributed by atoms with Gasteiger partial charge in [0.05, 0.1) is 11.7 Å². The molecule has 3 aromatic heterocycles. The van der Waals surface area contributed by atoms with Crippen LogP contribution in [0.1, 0.15) is 41.1 Å². The van der Waals surface area contributed by atoms with Crippen LogP contribution in [0.5, 0.6) is 0 Å². The number of nitrogens with zero attached hydrogens (tertiary/aromatic N) is 3. The van der Waals surface area contributed by atoms with E-state index in [2.05, 4.69) is 40.7 Å². The number of sulfonamides is 1. The van der Waals surface area contributed by atoms with Crippen LogP contribution in [0.15, 0.2) is 46.2 Å². The number of H-pyrrole nitrogens is 2. The Labute approximate surface area is 211 Å². The van der Waals surface area contributed by atoms with Gasteiger partial charge in [0.2, 0.25) is 15.7 Å². The zero-order chi connectivity index (χ0) is 26.6. The average Bonchev–Trinajstić information content (AvgIpc) is 3.59. The fourth-order valence-electron chi connectivity index (χ4n) is 3.92. The van der Waals surface area contributed by atoms with Crippen LogP contribution in [0, 0.1) is 13.8 Å². The van der Waals surface area contributed by atoms with E-state index >= 15 is 0 Å². The number of anilines is 1. The highest BCUT2D eigenvalue weighted by Crippen LogP contribution is 2.23. The third kappa shape index (κ3) is 5.62. The van der Waals surface area contributed by atoms with Crippen molar-refractivity contribution in [2.24, 2.45) is 0 Å². The maximum atomic E-state index is 13.3. The fraction of sp³-hybridized carbons (Fsp3) is 0.318. The van der Waals surface area contributed by atoms with Crippen molar-refractivity contribution in [2.75, 3.05) is 11.9 Å². The van der Waals surface area contributed by atoms with Gasteiger partial charge in [-0.2, -0.15) is 9.82 Å². The number of aromatic nitrogens is 5. The second kappa shape index (κ2) is 10.4. The van der Waals surface area contributed by atoms with Crippen molar-refractivity contribution in [1.29, 1.82) is 0 Å². The molecule has 1 aromatic carbocycles. The standard InChI is InChI=1S/C22H26N8O6S/c1-13-18(14(2)36-29-13)37(34,35)30-22(20(32)33,7-3-4-8-23-21-24-9-10-25-21)27-19(31)15-5-6-17-16(11-15)12-26-28-17/h5-6,9-12,30H,3-4,7-8H2,1-2H3,(H,26,28)(H,27,31)(H,32,33)(H2,23,24,25). The molecule has 4 aromatic rings. The summed E-state index contributed by atoms with van der Waals surface area (Å²) in [6.07, 6.45) is 5.20. The fourth-order valence-corrected chi connectivity index (χ4v) is 5.56. The Kier molecular flexibility index (Phi) is 7.26. The Bertz CT molecular complexity index is 1490. The largest absolute Gasteiger partial charge is 0.478 e. The van der Waals surface area contributed by atoms with E-state index in [1.165, 1.54) is 32.2 Å². The van der Waals surface area contributed by atoms with Crippen molar-refractivity contribution in [1.82, 2.24) is 35.4 Å². The molecule has 3 heterocycles. The summed E-state index contributed by atoms with van der Waals surface area (Å²) in [4.78, 5) is 32.4. The lowest BCUT2D eigenvalue weighted by molar-refractivity contribution is -0.145. The zero-order valence-corrected chi connectivity index (χ0v) is 20.8. The number of carbonyl (C=O) groups is 2. The lowest BCUT2D eigenvalue weighted by atomic mass is 10.0. The van der Waals surface area contributed by atoms with Crippen LogP contribution in [-0.4, -0.2) is 62.9 Å². The van der Waals surface area contributed by atoms with Crippen LogP contribution >= 0.6 is 0 Å². The molecule has 0 saturated carbocycles. The third-order valence-electron chi connectivity index (χ3n) is 5.71. The number of unbranched alkanes of at least 4 members (excludes halogenated alkanes) is 1. The van der Waals surface area contributed by atoms with Crippen LogP contribution in [-0.2, 0) is 14.8 Å². The van der Waals surface area contributed by atoms with Crippen molar-refractivity contribution >= 4 is 38.8 Å². The molecule has 0 aliphatic carbocycles. The van der Waals surface area contributed by atoms with Crippen molar-refractivity contribution < 1.29 is 27.6 Å². The first-order valence-corrected chi connectivity index (χ1v) is 12.8. The van der Waals surface area contributed by atoms with Gasteiger partial charge in [-0.15, -0.1) is 0 Å². The van der Waals surface area contributed by atoms with Crippen molar-refractivity contribution in [2.45, 2.75) is 43.7 Å². The predicted octanol–water partition coefficient (Wildman–Crippen LogP) is 1.66. The van der Waals surface area contributed by atoms with E-state index in [1.807, 2.05) is 0 Å². The van der Waals surface area contributed by atoms with Gasteiger partial charge >= 0.3 is 5.97 Å². The van der Waals surface area contributed by atoms with Crippen molar-refractivity contribution in [3.63, 3.8) is 0 Å². The van der Waals surface area contributed by atoms with Gasteiger partial charge in [0, 0.05) is 29.9 Å². The van der Waals surface area contributed by atoms with Crippen LogP contribution in [0.25, 0.3) is 10.9 Å². The van der Waals surface area contributed by atoms with Gasteiger partial charge in [-0.25, -0.2) is 18.2 Å². The number of hydrogen-bond acceptors (Lipinski definition) is 9. The highest BCUT2D eigenvalue weighted by atomic mass is 32.2. The molecule has 14 nitrogen and oxygen atoms in total. The number of carbonyl (C=O) groups excluding carboxylic acids is 1. The molecule has 0 saturated heterocycles. The van der Waals surface area contributed by atoms with Gasteiger partial charge in [-0.3, -0.25) is 9.89 Å². The molecular weight excluding hydrogens is 504 g/mol. The Morgan fingerprint density at radius 2 is 2.03 bits per heavy atom. The van der Waals surface area contributed by atoms with E-state index < -0.39 is 27.6 Å². The second-order valence-corrected chi connectivity index (χ2v) is 10.0. The highest BCUT2D eigenvalue weighted by molar-refractivity contribution is 7.89. The van der Waals surface area contributed by atoms with Gasteiger partial charge in [-0.05, 0) is 51.3 Å². The molecule has 196 valence electrons. The molecule has 0 spiro atoms. The molecule has 15 heteroatoms. The van der Waals surface area contributed by atoms with E-state index in [4.69, 9.17) is 4.52 Å². The molecule has 0 aliphatic heterocycles. The maximum absolute atomic E-state index is 13.3. The number of carboxylic acids is 1. The van der Waals surface area contributed by atoms with Crippen LogP contribution < -0.4 is 15.4 Å². The zero-order valence-electron chi connectivity index (χ0n) is 20.0. The molecule has 0 bridgehead atoms. The first-order chi connectivity index (χ1) is 17.6. The maximum Gasteiger partial charge on any atom is 0.345 e. The highest BCUT2D eigenvalue weighted by Gasteiger charge is 2.45. The number of amides is 1. The summed E-state index contributed by atoms with van der Waals surface area (Å²) >= 11 is 0. The van der Waals surface area contributed by atoms with Crippen molar-refractivity contribution in [3.8, 4) is 0 Å². The van der Waals surface area contributed by atoms with Gasteiger partial charge in [0.1, 0.15) is 10.6 Å². The van der Waals surface area contributed by atoms with E-state index in [0.29, 0.717) is 29.8 Å². The number of nitrogens with one attached hydrogen (secondary N) is 5. The van der Waals surface area contributed by atoms with Crippen LogP contribution in [0.4, 0.5) is 5.95 Å². The predicted molar refractivity (Wildman–Crippen MR) is 131 cm³/mol. The second-order valence-electron chi connectivity index (χ2n) is 8.42. The normalized spacial score (nSPS) is 13.4. The monoisotopic (exact) mass is 530 g/mol. The molecule has 1 unspecified atom stereocenters. The number of aliphatic carboxylic acids is 1. The summed E-state index contributed by atoms with van der Waals surface area (Å²) in [6.45, 7) is 3.26. The molecular formula is C22H26N8O6S. The number of benzene rings is 1. The molecule has 1 atom stereocenters. The van der Waals surface area contributed by atoms with E-state index in [9.17, 15) is 23.1 Å². The lowest BCUT2D eigenvalue weighted by Crippen LogP contribution is -2.65. The first kappa shape index (κ1) is 25.8. The number of aromatic amines is 2. The first-order valence-electron chi connectivity index (χ1n) is 11.3. The van der Waals surface area contributed by atoms with Crippen LogP contribution in [0.2, 0.25) is 0 Å². The Hall–Kier alpha value is -4.24. The Morgan fingerprint density at radius 3 is 2.70 bits per heavy atom. The van der Waals surface area contributed by atoms with E-state index in [1.54, 1.807) is 18.5 Å². The summed E-state index contributed by atoms with van der Waals surface area (Å²) in [7, 11) is -4.46. The summed E-state index contributed by atoms with van der Waals surface area (Å²) in [5, 5.41) is 26.6. The summed E-state index contributed by atoms with van der Waals surface area (Å²) in [6, 6.07) is 4.63. The molecule has 0 fully saturated rings. The average molecular weight is 531 g/mol. The summed E-state index contributed by atoms with van der Waals surface area (Å²) in [5.74, 6) is -1.81. The van der Waals surface area contributed by atoms with Gasteiger partial charge < -0.3 is 25.2 Å².